The van der Waals surface area contributed by atoms with Crippen LogP contribution >= 0.6 is 0 Å². The Hall–Kier alpha value is -1.34. The van der Waals surface area contributed by atoms with Gasteiger partial charge in [0.2, 0.25) is 0 Å². The Labute approximate surface area is 125 Å². The van der Waals surface area contributed by atoms with Gasteiger partial charge in [0.05, 0.1) is 12.5 Å². The molecule has 2 aliphatic heterocycles. The average Bonchev–Trinajstić information content (AvgIpc) is 2.73. The minimum atomic E-state index is -0.808. The molecule has 0 radical (unpaired) electrons. The molecule has 0 aliphatic carbocycles. The van der Waals surface area contributed by atoms with Crippen LogP contribution in [0.5, 0.6) is 0 Å². The average molecular weight is 299 g/mol. The van der Waals surface area contributed by atoms with E-state index in [2.05, 4.69) is 4.90 Å². The fourth-order valence-corrected chi connectivity index (χ4v) is 3.08. The van der Waals surface area contributed by atoms with Gasteiger partial charge in [0.15, 0.2) is 0 Å². The first-order valence-corrected chi connectivity index (χ1v) is 7.71. The highest BCUT2D eigenvalue weighted by Crippen LogP contribution is 2.18. The van der Waals surface area contributed by atoms with Gasteiger partial charge in [-0.1, -0.05) is 0 Å². The largest absolute Gasteiger partial charge is 0.481 e. The summed E-state index contributed by atoms with van der Waals surface area (Å²) in [5.74, 6) is -1.24. The van der Waals surface area contributed by atoms with Crippen LogP contribution in [0.15, 0.2) is 0 Å². The second kappa shape index (κ2) is 7.61. The number of urea groups is 1. The van der Waals surface area contributed by atoms with Gasteiger partial charge < -0.3 is 20.0 Å². The van der Waals surface area contributed by atoms with E-state index in [0.717, 1.165) is 25.9 Å². The molecule has 0 bridgehead atoms. The summed E-state index contributed by atoms with van der Waals surface area (Å²) in [5, 5.41) is 18.1. The topological polar surface area (TPSA) is 84.3 Å². The second-order valence-electron chi connectivity index (χ2n) is 5.81. The number of aliphatic carboxylic acids is 1. The quantitative estimate of drug-likeness (QED) is 0.760. The van der Waals surface area contributed by atoms with Gasteiger partial charge >= 0.3 is 12.0 Å². The third kappa shape index (κ3) is 4.31. The lowest BCUT2D eigenvalue weighted by Crippen LogP contribution is -2.49. The van der Waals surface area contributed by atoms with Crippen molar-refractivity contribution >= 4 is 12.0 Å². The summed E-state index contributed by atoms with van der Waals surface area (Å²) < 4.78 is 0. The lowest BCUT2D eigenvalue weighted by Gasteiger charge is -2.34. The third-order valence-electron chi connectivity index (χ3n) is 4.32. The third-order valence-corrected chi connectivity index (χ3v) is 4.32. The predicted molar refractivity (Wildman–Crippen MR) is 77.0 cm³/mol. The molecule has 0 aromatic rings. The van der Waals surface area contributed by atoms with Crippen molar-refractivity contribution in [1.82, 2.24) is 14.7 Å². The van der Waals surface area contributed by atoms with Crippen LogP contribution in [-0.2, 0) is 4.79 Å². The smallest absolute Gasteiger partial charge is 0.320 e. The maximum atomic E-state index is 12.5. The van der Waals surface area contributed by atoms with Crippen molar-refractivity contribution in [2.75, 3.05) is 52.4 Å². The van der Waals surface area contributed by atoms with Crippen molar-refractivity contribution in [3.05, 3.63) is 0 Å². The van der Waals surface area contributed by atoms with E-state index in [4.69, 9.17) is 10.2 Å². The molecule has 0 aromatic carbocycles. The summed E-state index contributed by atoms with van der Waals surface area (Å²) in [5.41, 5.74) is 0. The minimum absolute atomic E-state index is 0.0354. The van der Waals surface area contributed by atoms with E-state index in [0.29, 0.717) is 39.1 Å². The predicted octanol–water partition coefficient (Wildman–Crippen LogP) is -0.0970. The van der Waals surface area contributed by atoms with E-state index < -0.39 is 11.9 Å². The first-order chi connectivity index (χ1) is 10.1. The highest BCUT2D eigenvalue weighted by molar-refractivity contribution is 5.76. The molecule has 2 saturated heterocycles. The number of hydrogen-bond donors (Lipinski definition) is 2. The maximum Gasteiger partial charge on any atom is 0.320 e. The van der Waals surface area contributed by atoms with E-state index in [1.54, 1.807) is 4.90 Å². The first-order valence-electron chi connectivity index (χ1n) is 7.71. The lowest BCUT2D eigenvalue weighted by molar-refractivity contribution is -0.143. The number of rotatable bonds is 3. The molecule has 120 valence electrons. The molecule has 0 spiro atoms. The van der Waals surface area contributed by atoms with E-state index in [-0.39, 0.29) is 12.6 Å². The van der Waals surface area contributed by atoms with Crippen molar-refractivity contribution < 1.29 is 19.8 Å². The van der Waals surface area contributed by atoms with E-state index in [1.807, 2.05) is 4.90 Å². The number of carbonyl (C=O) groups excluding carboxylic acids is 1. The summed E-state index contributed by atoms with van der Waals surface area (Å²) >= 11 is 0. The van der Waals surface area contributed by atoms with Crippen molar-refractivity contribution in [1.29, 1.82) is 0 Å². The van der Waals surface area contributed by atoms with Crippen LogP contribution in [0.1, 0.15) is 19.3 Å². The van der Waals surface area contributed by atoms with Crippen LogP contribution in [0.3, 0.4) is 0 Å². The number of β-amino-alcohol motifs (C(OH)–C–C–N with tert-alkyl or cyclic N) is 1. The fourth-order valence-electron chi connectivity index (χ4n) is 3.08. The zero-order valence-corrected chi connectivity index (χ0v) is 12.4. The molecule has 7 heteroatoms. The Bertz CT molecular complexity index is 377. The molecule has 1 atom stereocenters. The maximum absolute atomic E-state index is 12.5. The molecule has 2 aliphatic rings. The van der Waals surface area contributed by atoms with Crippen LogP contribution in [0.25, 0.3) is 0 Å². The number of aliphatic hydroxyl groups is 1. The number of piperidine rings is 1. The van der Waals surface area contributed by atoms with Crippen LogP contribution in [-0.4, -0.2) is 89.3 Å². The molecular formula is C14H25N3O4. The molecule has 2 heterocycles. The highest BCUT2D eigenvalue weighted by atomic mass is 16.4. The Kier molecular flexibility index (Phi) is 5.81. The number of amides is 2. The van der Waals surface area contributed by atoms with Crippen LogP contribution in [0.4, 0.5) is 4.79 Å². The Morgan fingerprint density at radius 1 is 1.00 bits per heavy atom. The van der Waals surface area contributed by atoms with E-state index in [9.17, 15) is 9.59 Å². The number of carboxylic acid groups (broad SMARTS) is 1. The number of carboxylic acids is 1. The molecule has 7 nitrogen and oxygen atoms in total. The highest BCUT2D eigenvalue weighted by Gasteiger charge is 2.31. The lowest BCUT2D eigenvalue weighted by atomic mass is 9.99. The molecule has 2 N–H and O–H groups in total. The molecule has 2 rings (SSSR count). The molecule has 0 saturated carbocycles. The molecular weight excluding hydrogens is 274 g/mol. The summed E-state index contributed by atoms with van der Waals surface area (Å²) in [7, 11) is 0. The van der Waals surface area contributed by atoms with Crippen molar-refractivity contribution in [2.24, 2.45) is 5.92 Å². The van der Waals surface area contributed by atoms with E-state index in [1.165, 1.54) is 0 Å². The van der Waals surface area contributed by atoms with Gasteiger partial charge in [0.1, 0.15) is 0 Å². The molecule has 0 unspecified atom stereocenters. The monoisotopic (exact) mass is 299 g/mol. The van der Waals surface area contributed by atoms with Crippen LogP contribution in [0.2, 0.25) is 0 Å². The number of carbonyl (C=O) groups is 2. The zero-order chi connectivity index (χ0) is 15.2. The molecule has 2 fully saturated rings. The van der Waals surface area contributed by atoms with Gasteiger partial charge in [0.25, 0.3) is 0 Å². The van der Waals surface area contributed by atoms with Crippen molar-refractivity contribution in [2.45, 2.75) is 19.3 Å². The molecule has 0 aromatic heterocycles. The summed E-state index contributed by atoms with van der Waals surface area (Å²) in [6.45, 7) is 4.77. The fraction of sp³-hybridized carbons (Fsp3) is 0.857. The number of nitrogens with zero attached hydrogens (tertiary/aromatic N) is 3. The normalized spacial score (nSPS) is 24.7. The van der Waals surface area contributed by atoms with Crippen LogP contribution in [0, 0.1) is 5.92 Å². The minimum Gasteiger partial charge on any atom is -0.481 e. The Morgan fingerprint density at radius 2 is 1.76 bits per heavy atom. The first kappa shape index (κ1) is 16.0. The number of aliphatic hydroxyl groups excluding tert-OH is 1. The Balaban J connectivity index is 1.88. The van der Waals surface area contributed by atoms with Gasteiger partial charge in [0, 0.05) is 39.3 Å². The van der Waals surface area contributed by atoms with Crippen LogP contribution < -0.4 is 0 Å². The standard InChI is InChI=1S/C14H25N3O4/c18-10-9-15-4-2-6-16(8-7-15)14(21)17-5-1-3-12(11-17)13(19)20/h12,18H,1-11H2,(H,19,20)/t12-/m1/s1. The summed E-state index contributed by atoms with van der Waals surface area (Å²) in [6, 6.07) is -0.0354. The van der Waals surface area contributed by atoms with Crippen molar-refractivity contribution in [3.63, 3.8) is 0 Å². The van der Waals surface area contributed by atoms with Gasteiger partial charge in [-0.25, -0.2) is 4.79 Å². The number of likely N-dealkylation sites (tertiary alicyclic amines) is 1. The van der Waals surface area contributed by atoms with Gasteiger partial charge in [-0.15, -0.1) is 0 Å². The van der Waals surface area contributed by atoms with Gasteiger partial charge in [-0.3, -0.25) is 9.69 Å². The SMILES string of the molecule is O=C(O)[C@@H]1CCCN(C(=O)N2CCCN(CCO)CC2)C1. The Morgan fingerprint density at radius 3 is 2.48 bits per heavy atom. The van der Waals surface area contributed by atoms with Crippen molar-refractivity contribution in [3.8, 4) is 0 Å². The summed E-state index contributed by atoms with van der Waals surface area (Å²) in [6.07, 6.45) is 2.30. The number of hydrogen-bond acceptors (Lipinski definition) is 4. The van der Waals surface area contributed by atoms with Gasteiger partial charge in [-0.05, 0) is 25.8 Å². The summed E-state index contributed by atoms with van der Waals surface area (Å²) in [4.78, 5) is 29.3. The zero-order valence-electron chi connectivity index (χ0n) is 12.4. The second-order valence-corrected chi connectivity index (χ2v) is 5.81. The molecule has 2 amide bonds. The van der Waals surface area contributed by atoms with Gasteiger partial charge in [-0.2, -0.15) is 0 Å². The van der Waals surface area contributed by atoms with E-state index >= 15 is 0 Å². The molecule has 21 heavy (non-hydrogen) atoms.